The summed E-state index contributed by atoms with van der Waals surface area (Å²) >= 11 is 0. The molecule has 7 heteroatoms. The molecule has 2 fully saturated rings. The lowest BCUT2D eigenvalue weighted by atomic mass is 9.78. The predicted octanol–water partition coefficient (Wildman–Crippen LogP) is 4.06. The minimum absolute atomic E-state index is 0.00995. The molecule has 178 valence electrons. The van der Waals surface area contributed by atoms with E-state index in [0.717, 1.165) is 12.8 Å². The molecule has 0 radical (unpaired) electrons. The van der Waals surface area contributed by atoms with Crippen LogP contribution in [0.1, 0.15) is 55.6 Å². The van der Waals surface area contributed by atoms with E-state index < -0.39 is 18.0 Å². The second kappa shape index (κ2) is 9.49. The highest BCUT2D eigenvalue weighted by Crippen LogP contribution is 2.44. The topological polar surface area (TPSA) is 105 Å². The number of fused-ring (bicyclic) bond motifs is 3. The Balaban J connectivity index is 1.09. The van der Waals surface area contributed by atoms with Gasteiger partial charge in [-0.2, -0.15) is 0 Å². The average molecular weight is 463 g/mol. The van der Waals surface area contributed by atoms with Gasteiger partial charge >= 0.3 is 12.1 Å². The van der Waals surface area contributed by atoms with E-state index in [4.69, 9.17) is 4.74 Å². The summed E-state index contributed by atoms with van der Waals surface area (Å²) in [6, 6.07) is 16.0. The monoisotopic (exact) mass is 462 g/mol. The fourth-order valence-electron chi connectivity index (χ4n) is 5.66. The number of nitrogens with one attached hydrogen (secondary N) is 2. The quantitative estimate of drug-likeness (QED) is 0.600. The molecular formula is C27H30N2O5. The Labute approximate surface area is 198 Å². The number of ether oxygens (including phenoxy) is 1. The van der Waals surface area contributed by atoms with Gasteiger partial charge in [-0.3, -0.25) is 9.59 Å². The number of carbonyl (C=O) groups excluding carboxylic acids is 2. The van der Waals surface area contributed by atoms with Gasteiger partial charge in [-0.05, 0) is 47.9 Å². The van der Waals surface area contributed by atoms with Gasteiger partial charge in [0.05, 0.1) is 5.92 Å². The molecule has 0 saturated heterocycles. The van der Waals surface area contributed by atoms with Crippen molar-refractivity contribution < 1.29 is 24.2 Å². The van der Waals surface area contributed by atoms with Crippen molar-refractivity contribution in [2.75, 3.05) is 6.61 Å². The zero-order valence-electron chi connectivity index (χ0n) is 19.0. The van der Waals surface area contributed by atoms with E-state index in [2.05, 4.69) is 34.9 Å². The highest BCUT2D eigenvalue weighted by molar-refractivity contribution is 5.82. The van der Waals surface area contributed by atoms with Crippen molar-refractivity contribution in [1.82, 2.24) is 10.6 Å². The Morgan fingerprint density at radius 1 is 0.882 bits per heavy atom. The molecule has 2 aromatic carbocycles. The van der Waals surface area contributed by atoms with Crippen LogP contribution in [0.15, 0.2) is 48.5 Å². The van der Waals surface area contributed by atoms with Crippen molar-refractivity contribution in [3.8, 4) is 11.1 Å². The molecule has 2 amide bonds. The first-order valence-corrected chi connectivity index (χ1v) is 12.2. The van der Waals surface area contributed by atoms with Crippen LogP contribution in [0.4, 0.5) is 4.79 Å². The summed E-state index contributed by atoms with van der Waals surface area (Å²) in [5.74, 6) is -1.64. The number of benzene rings is 2. The fourth-order valence-corrected chi connectivity index (χ4v) is 5.66. The number of hydrogen-bond donors (Lipinski definition) is 3. The van der Waals surface area contributed by atoms with E-state index in [1.165, 1.54) is 22.3 Å². The lowest BCUT2D eigenvalue weighted by Gasteiger charge is -2.37. The van der Waals surface area contributed by atoms with Crippen molar-refractivity contribution in [3.63, 3.8) is 0 Å². The summed E-state index contributed by atoms with van der Waals surface area (Å²) < 4.78 is 5.59. The number of hydrogen-bond acceptors (Lipinski definition) is 4. The Bertz CT molecular complexity index is 1050. The van der Waals surface area contributed by atoms with Crippen molar-refractivity contribution in [2.45, 2.75) is 56.5 Å². The maximum atomic E-state index is 12.6. The molecule has 0 aromatic heterocycles. The van der Waals surface area contributed by atoms with Gasteiger partial charge in [0, 0.05) is 23.9 Å². The van der Waals surface area contributed by atoms with Crippen LogP contribution in [0.5, 0.6) is 0 Å². The molecule has 0 heterocycles. The lowest BCUT2D eigenvalue weighted by molar-refractivity contribution is -0.144. The van der Waals surface area contributed by atoms with Crippen LogP contribution in [-0.2, 0) is 14.3 Å². The molecule has 5 rings (SSSR count). The molecule has 3 aliphatic rings. The molecule has 7 nitrogen and oxygen atoms in total. The third-order valence-corrected chi connectivity index (χ3v) is 7.59. The van der Waals surface area contributed by atoms with E-state index in [1.54, 1.807) is 0 Å². The Morgan fingerprint density at radius 3 is 2.15 bits per heavy atom. The molecule has 3 N–H and O–H groups in total. The molecule has 0 aliphatic heterocycles. The van der Waals surface area contributed by atoms with Gasteiger partial charge in [0.15, 0.2) is 0 Å². The first-order valence-electron chi connectivity index (χ1n) is 12.2. The number of carbonyl (C=O) groups is 3. The van der Waals surface area contributed by atoms with Crippen LogP contribution >= 0.6 is 0 Å². The molecule has 2 saturated carbocycles. The second-order valence-corrected chi connectivity index (χ2v) is 9.68. The number of amides is 2. The third-order valence-electron chi connectivity index (χ3n) is 7.59. The van der Waals surface area contributed by atoms with Crippen molar-refractivity contribution >= 4 is 18.0 Å². The van der Waals surface area contributed by atoms with E-state index >= 15 is 0 Å². The highest BCUT2D eigenvalue weighted by Gasteiger charge is 2.39. The molecule has 2 atom stereocenters. The standard InChI is InChI=1S/C27H30N2O5/c30-25(29-24-12-6-5-11-22(24)26(31)32)16-13-17(14-16)28-27(33)34-15-23-20-9-3-1-7-18(20)19-8-2-4-10-21(19)23/h1-4,7-10,16-17,22-24H,5-6,11-15H2,(H,28,33)(H,29,30)(H,31,32)/t16?,17?,22-,24+/m1/s1. The Morgan fingerprint density at radius 2 is 1.50 bits per heavy atom. The largest absolute Gasteiger partial charge is 0.481 e. The molecule has 3 aliphatic carbocycles. The first-order chi connectivity index (χ1) is 16.5. The highest BCUT2D eigenvalue weighted by atomic mass is 16.5. The zero-order chi connectivity index (χ0) is 23.7. The van der Waals surface area contributed by atoms with Crippen LogP contribution in [0, 0.1) is 11.8 Å². The van der Waals surface area contributed by atoms with Crippen LogP contribution < -0.4 is 10.6 Å². The smallest absolute Gasteiger partial charge is 0.407 e. The van der Waals surface area contributed by atoms with Gasteiger partial charge in [-0.15, -0.1) is 0 Å². The fraction of sp³-hybridized carbons (Fsp3) is 0.444. The predicted molar refractivity (Wildman–Crippen MR) is 126 cm³/mol. The average Bonchev–Trinajstić information content (AvgIpc) is 3.13. The molecule has 0 unspecified atom stereocenters. The molecule has 34 heavy (non-hydrogen) atoms. The van der Waals surface area contributed by atoms with Crippen molar-refractivity contribution in [1.29, 1.82) is 0 Å². The summed E-state index contributed by atoms with van der Waals surface area (Å²) in [5, 5.41) is 15.2. The van der Waals surface area contributed by atoms with Gasteiger partial charge < -0.3 is 20.5 Å². The van der Waals surface area contributed by atoms with Crippen LogP contribution in [0.25, 0.3) is 11.1 Å². The van der Waals surface area contributed by atoms with Gasteiger partial charge in [-0.1, -0.05) is 61.4 Å². The molecule has 0 bridgehead atoms. The lowest BCUT2D eigenvalue weighted by Crippen LogP contribution is -2.53. The number of rotatable bonds is 6. The Hall–Kier alpha value is -3.35. The van der Waals surface area contributed by atoms with Crippen molar-refractivity contribution in [3.05, 3.63) is 59.7 Å². The second-order valence-electron chi connectivity index (χ2n) is 9.68. The van der Waals surface area contributed by atoms with Crippen LogP contribution in [0.2, 0.25) is 0 Å². The summed E-state index contributed by atoms with van der Waals surface area (Å²) in [5.41, 5.74) is 4.70. The van der Waals surface area contributed by atoms with Gasteiger partial charge in [0.1, 0.15) is 6.61 Å². The summed E-state index contributed by atoms with van der Waals surface area (Å²) in [7, 11) is 0. The summed E-state index contributed by atoms with van der Waals surface area (Å²) in [4.78, 5) is 36.5. The van der Waals surface area contributed by atoms with E-state index in [0.29, 0.717) is 25.7 Å². The first kappa shape index (κ1) is 22.4. The van der Waals surface area contributed by atoms with Gasteiger partial charge in [0.2, 0.25) is 5.91 Å². The maximum absolute atomic E-state index is 12.6. The zero-order valence-corrected chi connectivity index (χ0v) is 19.0. The van der Waals surface area contributed by atoms with E-state index in [-0.39, 0.29) is 36.4 Å². The molecule has 0 spiro atoms. The molecule has 2 aromatic rings. The third kappa shape index (κ3) is 4.39. The van der Waals surface area contributed by atoms with Crippen molar-refractivity contribution in [2.24, 2.45) is 11.8 Å². The SMILES string of the molecule is O=C(NC1CC(C(=O)N[C@H]2CCCC[C@H]2C(=O)O)C1)OCC1c2ccccc2-c2ccccc21. The van der Waals surface area contributed by atoms with Gasteiger partial charge in [-0.25, -0.2) is 4.79 Å². The normalized spacial score (nSPS) is 25.4. The Kier molecular flexibility index (Phi) is 6.26. The number of aliphatic carboxylic acids is 1. The van der Waals surface area contributed by atoms with Crippen LogP contribution in [0.3, 0.4) is 0 Å². The summed E-state index contributed by atoms with van der Waals surface area (Å²) in [6.45, 7) is 0.259. The minimum atomic E-state index is -0.839. The van der Waals surface area contributed by atoms with E-state index in [9.17, 15) is 19.5 Å². The number of alkyl carbamates (subject to hydrolysis) is 1. The minimum Gasteiger partial charge on any atom is -0.481 e. The van der Waals surface area contributed by atoms with Gasteiger partial charge in [0.25, 0.3) is 0 Å². The number of carboxylic acids is 1. The molecular weight excluding hydrogens is 432 g/mol. The number of carboxylic acid groups (broad SMARTS) is 1. The summed E-state index contributed by atoms with van der Waals surface area (Å²) in [6.07, 6.45) is 3.75. The van der Waals surface area contributed by atoms with E-state index in [1.807, 2.05) is 24.3 Å². The maximum Gasteiger partial charge on any atom is 0.407 e. The van der Waals surface area contributed by atoms with Crippen LogP contribution in [-0.4, -0.2) is 41.8 Å².